The average molecular weight is 389 g/mol. The molecule has 0 radical (unpaired) electrons. The van der Waals surface area contributed by atoms with Gasteiger partial charge in [-0.25, -0.2) is 4.98 Å². The molecule has 0 aliphatic rings. The summed E-state index contributed by atoms with van der Waals surface area (Å²) in [5.74, 6) is 1.13. The number of fused-ring (bicyclic) bond motifs is 1. The fraction of sp³-hybridized carbons (Fsp3) is 0.0952. The molecule has 0 fully saturated rings. The Morgan fingerprint density at radius 3 is 2.75 bits per heavy atom. The molecule has 0 spiro atoms. The van der Waals surface area contributed by atoms with E-state index in [-0.39, 0.29) is 12.1 Å². The van der Waals surface area contributed by atoms with Crippen LogP contribution in [-0.2, 0) is 6.54 Å². The third-order valence-electron chi connectivity index (χ3n) is 4.61. The van der Waals surface area contributed by atoms with Gasteiger partial charge in [-0.1, -0.05) is 35.5 Å². The molecular formula is C21H15N3O3S. The number of rotatable bonds is 4. The predicted octanol–water partition coefficient (Wildman–Crippen LogP) is 4.73. The minimum atomic E-state index is -0.0801. The largest absolute Gasteiger partial charge is 0.461 e. The Morgan fingerprint density at radius 1 is 1.11 bits per heavy atom. The number of hydrogen-bond acceptors (Lipinski definition) is 6. The van der Waals surface area contributed by atoms with Gasteiger partial charge in [0.2, 0.25) is 5.76 Å². The number of nitrogens with zero attached hydrogens (tertiary/aromatic N) is 3. The van der Waals surface area contributed by atoms with Gasteiger partial charge in [0.1, 0.15) is 10.5 Å². The molecule has 4 aromatic heterocycles. The second-order valence-electron chi connectivity index (χ2n) is 6.44. The van der Waals surface area contributed by atoms with Crippen LogP contribution in [0.3, 0.4) is 0 Å². The Balaban J connectivity index is 1.54. The van der Waals surface area contributed by atoms with E-state index in [1.165, 1.54) is 11.3 Å². The lowest BCUT2D eigenvalue weighted by molar-refractivity contribution is 0.408. The molecule has 0 aliphatic carbocycles. The Kier molecular flexibility index (Phi) is 3.95. The van der Waals surface area contributed by atoms with Gasteiger partial charge in [0.15, 0.2) is 5.76 Å². The molecular weight excluding hydrogens is 374 g/mol. The summed E-state index contributed by atoms with van der Waals surface area (Å²) in [4.78, 5) is 19.4. The third kappa shape index (κ3) is 2.76. The van der Waals surface area contributed by atoms with Crippen molar-refractivity contribution in [2.75, 3.05) is 0 Å². The molecule has 28 heavy (non-hydrogen) atoms. The van der Waals surface area contributed by atoms with Gasteiger partial charge >= 0.3 is 0 Å². The molecule has 0 unspecified atom stereocenters. The maximum Gasteiger partial charge on any atom is 0.262 e. The highest BCUT2D eigenvalue weighted by molar-refractivity contribution is 7.22. The molecule has 0 saturated heterocycles. The lowest BCUT2D eigenvalue weighted by Gasteiger charge is -2.02. The summed E-state index contributed by atoms with van der Waals surface area (Å²) in [6.45, 7) is 2.25. The van der Waals surface area contributed by atoms with E-state index in [9.17, 15) is 4.79 Å². The van der Waals surface area contributed by atoms with Crippen LogP contribution in [0.2, 0.25) is 0 Å². The summed E-state index contributed by atoms with van der Waals surface area (Å²) in [6, 6.07) is 15.4. The average Bonchev–Trinajstić information content (AvgIpc) is 3.45. The van der Waals surface area contributed by atoms with Crippen molar-refractivity contribution in [3.63, 3.8) is 0 Å². The summed E-state index contributed by atoms with van der Waals surface area (Å²) in [6.07, 6.45) is 3.14. The van der Waals surface area contributed by atoms with E-state index in [0.717, 1.165) is 20.8 Å². The van der Waals surface area contributed by atoms with Gasteiger partial charge < -0.3 is 8.94 Å². The molecule has 5 rings (SSSR count). The van der Waals surface area contributed by atoms with E-state index in [2.05, 4.69) is 10.1 Å². The Hall–Kier alpha value is -3.45. The first-order chi connectivity index (χ1) is 13.7. The number of benzene rings is 1. The smallest absolute Gasteiger partial charge is 0.262 e. The molecule has 0 amide bonds. The monoisotopic (exact) mass is 389 g/mol. The summed E-state index contributed by atoms with van der Waals surface area (Å²) in [7, 11) is 0. The lowest BCUT2D eigenvalue weighted by Crippen LogP contribution is -2.21. The molecule has 138 valence electrons. The van der Waals surface area contributed by atoms with Gasteiger partial charge in [0.25, 0.3) is 5.56 Å². The van der Waals surface area contributed by atoms with Crippen molar-refractivity contribution in [3.05, 3.63) is 82.7 Å². The second-order valence-corrected chi connectivity index (χ2v) is 7.44. The molecule has 4 heterocycles. The van der Waals surface area contributed by atoms with Crippen LogP contribution in [0.4, 0.5) is 0 Å². The zero-order valence-electron chi connectivity index (χ0n) is 15.0. The summed E-state index contributed by atoms with van der Waals surface area (Å²) in [5.41, 5.74) is 2.59. The van der Waals surface area contributed by atoms with Crippen molar-refractivity contribution in [2.24, 2.45) is 0 Å². The van der Waals surface area contributed by atoms with Crippen LogP contribution in [0, 0.1) is 6.92 Å². The van der Waals surface area contributed by atoms with Crippen LogP contribution >= 0.6 is 11.3 Å². The summed E-state index contributed by atoms with van der Waals surface area (Å²) < 4.78 is 12.2. The highest BCUT2D eigenvalue weighted by atomic mass is 32.1. The molecule has 7 heteroatoms. The van der Waals surface area contributed by atoms with Crippen LogP contribution in [-0.4, -0.2) is 14.7 Å². The van der Waals surface area contributed by atoms with Crippen molar-refractivity contribution >= 4 is 21.6 Å². The molecule has 1 aromatic carbocycles. The number of aromatic nitrogens is 3. The first-order valence-corrected chi connectivity index (χ1v) is 9.56. The van der Waals surface area contributed by atoms with Crippen LogP contribution < -0.4 is 5.56 Å². The molecule has 0 saturated carbocycles. The fourth-order valence-electron chi connectivity index (χ4n) is 3.23. The molecule has 5 aromatic rings. The van der Waals surface area contributed by atoms with Crippen molar-refractivity contribution in [1.82, 2.24) is 14.7 Å². The van der Waals surface area contributed by atoms with Gasteiger partial charge in [-0.05, 0) is 30.2 Å². The van der Waals surface area contributed by atoms with Gasteiger partial charge in [-0.3, -0.25) is 9.36 Å². The molecule has 0 atom stereocenters. The predicted molar refractivity (Wildman–Crippen MR) is 107 cm³/mol. The molecule has 0 N–H and O–H groups in total. The minimum absolute atomic E-state index is 0.0801. The Bertz CT molecular complexity index is 1310. The Labute approximate surface area is 163 Å². The SMILES string of the molecule is Cc1c(-c2ccccc2)sc2ncn(Cc3cc(-c4ccco4)on3)c(=O)c12. The minimum Gasteiger partial charge on any atom is -0.461 e. The first kappa shape index (κ1) is 16.7. The summed E-state index contributed by atoms with van der Waals surface area (Å²) in [5, 5.41) is 4.70. The maximum atomic E-state index is 13.1. The van der Waals surface area contributed by atoms with Crippen LogP contribution in [0.1, 0.15) is 11.3 Å². The highest BCUT2D eigenvalue weighted by Crippen LogP contribution is 2.35. The van der Waals surface area contributed by atoms with Crippen molar-refractivity contribution in [3.8, 4) is 22.0 Å². The standard InChI is InChI=1S/C21H15N3O3S/c1-13-18-20(28-19(13)14-6-3-2-4-7-14)22-12-24(21(18)25)11-15-10-17(27-23-15)16-8-5-9-26-16/h2-10,12H,11H2,1H3. The maximum absolute atomic E-state index is 13.1. The number of thiophene rings is 1. The molecule has 0 bridgehead atoms. The number of furan rings is 1. The number of hydrogen-bond donors (Lipinski definition) is 0. The van der Waals surface area contributed by atoms with Gasteiger partial charge in [-0.15, -0.1) is 11.3 Å². The van der Waals surface area contributed by atoms with E-state index in [0.29, 0.717) is 22.6 Å². The summed E-state index contributed by atoms with van der Waals surface area (Å²) >= 11 is 1.54. The van der Waals surface area contributed by atoms with E-state index in [4.69, 9.17) is 8.94 Å². The molecule has 6 nitrogen and oxygen atoms in total. The lowest BCUT2D eigenvalue weighted by atomic mass is 10.1. The fourth-order valence-corrected chi connectivity index (χ4v) is 4.38. The van der Waals surface area contributed by atoms with Gasteiger partial charge in [0.05, 0.1) is 24.5 Å². The highest BCUT2D eigenvalue weighted by Gasteiger charge is 2.17. The quantitative estimate of drug-likeness (QED) is 0.444. The van der Waals surface area contributed by atoms with Crippen molar-refractivity contribution < 1.29 is 8.94 Å². The van der Waals surface area contributed by atoms with Gasteiger partial charge in [0, 0.05) is 10.9 Å². The Morgan fingerprint density at radius 2 is 1.96 bits per heavy atom. The van der Waals surface area contributed by atoms with E-state index in [1.807, 2.05) is 37.3 Å². The first-order valence-electron chi connectivity index (χ1n) is 8.74. The van der Waals surface area contributed by atoms with Crippen molar-refractivity contribution in [2.45, 2.75) is 13.5 Å². The van der Waals surface area contributed by atoms with E-state index in [1.54, 1.807) is 35.4 Å². The second kappa shape index (κ2) is 6.61. The molecule has 0 aliphatic heterocycles. The van der Waals surface area contributed by atoms with Crippen LogP contribution in [0.5, 0.6) is 0 Å². The zero-order valence-corrected chi connectivity index (χ0v) is 15.8. The van der Waals surface area contributed by atoms with Crippen LogP contribution in [0.25, 0.3) is 32.2 Å². The van der Waals surface area contributed by atoms with Gasteiger partial charge in [-0.2, -0.15) is 0 Å². The number of aryl methyl sites for hydroxylation is 1. The van der Waals surface area contributed by atoms with E-state index >= 15 is 0 Å². The topological polar surface area (TPSA) is 74.1 Å². The third-order valence-corrected chi connectivity index (χ3v) is 5.86. The zero-order chi connectivity index (χ0) is 19.1. The van der Waals surface area contributed by atoms with Crippen LogP contribution in [0.15, 0.2) is 74.9 Å². The normalized spacial score (nSPS) is 11.3. The van der Waals surface area contributed by atoms with E-state index < -0.39 is 0 Å². The van der Waals surface area contributed by atoms with Crippen molar-refractivity contribution in [1.29, 1.82) is 0 Å².